The van der Waals surface area contributed by atoms with Crippen molar-refractivity contribution in [2.45, 2.75) is 19.5 Å². The van der Waals surface area contributed by atoms with Crippen molar-refractivity contribution < 1.29 is 4.79 Å². The lowest BCUT2D eigenvalue weighted by molar-refractivity contribution is -0.122. The van der Waals surface area contributed by atoms with Gasteiger partial charge in [0.2, 0.25) is 5.91 Å². The molecule has 0 aliphatic carbocycles. The maximum Gasteiger partial charge on any atom is 0.328 e. The second-order valence-electron chi connectivity index (χ2n) is 4.69. The molecule has 1 amide bonds. The monoisotopic (exact) mass is 341 g/mol. The van der Waals surface area contributed by atoms with Gasteiger partial charge in [0.15, 0.2) is 0 Å². The Morgan fingerprint density at radius 2 is 2.05 bits per heavy atom. The van der Waals surface area contributed by atoms with Crippen LogP contribution in [-0.2, 0) is 11.3 Å². The summed E-state index contributed by atoms with van der Waals surface area (Å²) in [4.78, 5) is 36.5. The van der Waals surface area contributed by atoms with Crippen molar-refractivity contribution in [3.8, 4) is 0 Å². The lowest BCUT2D eigenvalue weighted by Crippen LogP contribution is -2.36. The topological polar surface area (TPSA) is 84.0 Å². The standard InChI is InChI=1S/C14H13Cl2N3O3/c1-8(10-3-2-9(15)6-11(10)16)17-13(21)7-19-5-4-12(20)18-14(19)22/h2-6,8H,7H2,1H3,(H,17,21)(H,18,20,22)/t8-/m0/s1. The average Bonchev–Trinajstić information content (AvgIpc) is 2.41. The maximum atomic E-state index is 12.0. The first-order valence-corrected chi connectivity index (χ1v) is 7.16. The summed E-state index contributed by atoms with van der Waals surface area (Å²) in [6, 6.07) is 5.82. The third-order valence-electron chi connectivity index (χ3n) is 3.02. The van der Waals surface area contributed by atoms with E-state index in [0.717, 1.165) is 4.57 Å². The first-order valence-electron chi connectivity index (χ1n) is 6.41. The van der Waals surface area contributed by atoms with Crippen LogP contribution in [0.15, 0.2) is 40.1 Å². The second kappa shape index (κ2) is 6.81. The summed E-state index contributed by atoms with van der Waals surface area (Å²) < 4.78 is 1.10. The molecular weight excluding hydrogens is 329 g/mol. The molecule has 1 heterocycles. The smallest absolute Gasteiger partial charge is 0.328 e. The van der Waals surface area contributed by atoms with E-state index in [4.69, 9.17) is 23.2 Å². The van der Waals surface area contributed by atoms with Gasteiger partial charge in [-0.2, -0.15) is 0 Å². The first kappa shape index (κ1) is 16.3. The minimum atomic E-state index is -0.639. The summed E-state index contributed by atoms with van der Waals surface area (Å²) >= 11 is 11.9. The number of hydrogen-bond acceptors (Lipinski definition) is 3. The minimum absolute atomic E-state index is 0.203. The number of amides is 1. The van der Waals surface area contributed by atoms with Crippen molar-refractivity contribution in [2.24, 2.45) is 0 Å². The third-order valence-corrected chi connectivity index (χ3v) is 3.58. The third kappa shape index (κ3) is 3.99. The number of H-pyrrole nitrogens is 1. The van der Waals surface area contributed by atoms with Gasteiger partial charge in [-0.3, -0.25) is 19.1 Å². The van der Waals surface area contributed by atoms with Gasteiger partial charge in [-0.1, -0.05) is 29.3 Å². The van der Waals surface area contributed by atoms with E-state index in [2.05, 4.69) is 10.3 Å². The number of benzene rings is 1. The molecule has 0 fully saturated rings. The van der Waals surface area contributed by atoms with E-state index in [1.165, 1.54) is 12.3 Å². The van der Waals surface area contributed by atoms with Crippen LogP contribution >= 0.6 is 23.2 Å². The van der Waals surface area contributed by atoms with Crippen molar-refractivity contribution in [1.29, 1.82) is 0 Å². The lowest BCUT2D eigenvalue weighted by Gasteiger charge is -2.16. The van der Waals surface area contributed by atoms with Crippen LogP contribution in [0.5, 0.6) is 0 Å². The number of carbonyl (C=O) groups excluding carboxylic acids is 1. The lowest BCUT2D eigenvalue weighted by atomic mass is 10.1. The number of aromatic nitrogens is 2. The normalized spacial score (nSPS) is 12.0. The summed E-state index contributed by atoms with van der Waals surface area (Å²) in [5.41, 5.74) is -0.434. The molecule has 6 nitrogen and oxygen atoms in total. The zero-order chi connectivity index (χ0) is 16.3. The number of nitrogens with one attached hydrogen (secondary N) is 2. The average molecular weight is 342 g/mol. The Kier molecular flexibility index (Phi) is 5.05. The predicted molar refractivity (Wildman–Crippen MR) is 84.3 cm³/mol. The first-order chi connectivity index (χ1) is 10.4. The molecule has 1 aromatic carbocycles. The van der Waals surface area contributed by atoms with Crippen LogP contribution in [0.4, 0.5) is 0 Å². The molecule has 0 saturated carbocycles. The zero-order valence-electron chi connectivity index (χ0n) is 11.6. The molecular formula is C14H13Cl2N3O3. The molecule has 1 aromatic heterocycles. The number of nitrogens with zero attached hydrogens (tertiary/aromatic N) is 1. The van der Waals surface area contributed by atoms with Gasteiger partial charge in [0.05, 0.1) is 6.04 Å². The molecule has 0 radical (unpaired) electrons. The van der Waals surface area contributed by atoms with Crippen LogP contribution in [0.2, 0.25) is 10.0 Å². The van der Waals surface area contributed by atoms with Crippen LogP contribution in [0.3, 0.4) is 0 Å². The van der Waals surface area contributed by atoms with E-state index in [-0.39, 0.29) is 18.5 Å². The Labute approximate surface area is 135 Å². The van der Waals surface area contributed by atoms with Gasteiger partial charge in [-0.15, -0.1) is 0 Å². The van der Waals surface area contributed by atoms with Crippen LogP contribution in [0.25, 0.3) is 0 Å². The summed E-state index contributed by atoms with van der Waals surface area (Å²) in [6.07, 6.45) is 1.26. The molecule has 0 bridgehead atoms. The van der Waals surface area contributed by atoms with E-state index in [0.29, 0.717) is 15.6 Å². The molecule has 2 rings (SSSR count). The van der Waals surface area contributed by atoms with Crippen molar-refractivity contribution >= 4 is 29.1 Å². The quantitative estimate of drug-likeness (QED) is 0.887. The Morgan fingerprint density at radius 3 is 2.68 bits per heavy atom. The molecule has 0 aliphatic rings. The van der Waals surface area contributed by atoms with Gasteiger partial charge in [0, 0.05) is 22.3 Å². The number of rotatable bonds is 4. The predicted octanol–water partition coefficient (Wildman–Crippen LogP) is 1.72. The number of halogens is 2. The van der Waals surface area contributed by atoms with Gasteiger partial charge in [0.25, 0.3) is 5.56 Å². The molecule has 0 saturated heterocycles. The number of hydrogen-bond donors (Lipinski definition) is 2. The fourth-order valence-electron chi connectivity index (χ4n) is 1.94. The van der Waals surface area contributed by atoms with Crippen LogP contribution < -0.4 is 16.6 Å². The molecule has 0 unspecified atom stereocenters. The van der Waals surface area contributed by atoms with E-state index in [1.807, 2.05) is 0 Å². The van der Waals surface area contributed by atoms with Crippen molar-refractivity contribution in [3.63, 3.8) is 0 Å². The Morgan fingerprint density at radius 1 is 1.32 bits per heavy atom. The molecule has 0 aliphatic heterocycles. The highest BCUT2D eigenvalue weighted by atomic mass is 35.5. The Hall–Kier alpha value is -2.05. The molecule has 22 heavy (non-hydrogen) atoms. The largest absolute Gasteiger partial charge is 0.348 e. The van der Waals surface area contributed by atoms with E-state index >= 15 is 0 Å². The fraction of sp³-hybridized carbons (Fsp3) is 0.214. The van der Waals surface area contributed by atoms with Gasteiger partial charge in [-0.25, -0.2) is 4.79 Å². The van der Waals surface area contributed by atoms with Crippen LogP contribution in [0.1, 0.15) is 18.5 Å². The summed E-state index contributed by atoms with van der Waals surface area (Å²) in [7, 11) is 0. The van der Waals surface area contributed by atoms with E-state index in [9.17, 15) is 14.4 Å². The summed E-state index contributed by atoms with van der Waals surface area (Å²) in [6.45, 7) is 1.56. The minimum Gasteiger partial charge on any atom is -0.348 e. The van der Waals surface area contributed by atoms with E-state index in [1.54, 1.807) is 25.1 Å². The Bertz CT molecular complexity index is 813. The van der Waals surface area contributed by atoms with Crippen molar-refractivity contribution in [3.05, 3.63) is 66.9 Å². The molecule has 2 aromatic rings. The van der Waals surface area contributed by atoms with Gasteiger partial charge < -0.3 is 5.32 Å². The highest BCUT2D eigenvalue weighted by Crippen LogP contribution is 2.25. The number of carbonyl (C=O) groups is 1. The van der Waals surface area contributed by atoms with Gasteiger partial charge in [-0.05, 0) is 24.6 Å². The molecule has 8 heteroatoms. The molecule has 0 spiro atoms. The maximum absolute atomic E-state index is 12.0. The Balaban J connectivity index is 2.08. The van der Waals surface area contributed by atoms with Crippen molar-refractivity contribution in [2.75, 3.05) is 0 Å². The molecule has 116 valence electrons. The highest BCUT2D eigenvalue weighted by molar-refractivity contribution is 6.35. The summed E-state index contributed by atoms with van der Waals surface area (Å²) in [5, 5.41) is 3.68. The van der Waals surface area contributed by atoms with Crippen LogP contribution in [0, 0.1) is 0 Å². The molecule has 1 atom stereocenters. The fourth-order valence-corrected chi connectivity index (χ4v) is 2.51. The van der Waals surface area contributed by atoms with Gasteiger partial charge >= 0.3 is 5.69 Å². The second-order valence-corrected chi connectivity index (χ2v) is 5.54. The SMILES string of the molecule is C[C@H](NC(=O)Cn1ccc(=O)[nH]c1=O)c1ccc(Cl)cc1Cl. The summed E-state index contributed by atoms with van der Waals surface area (Å²) in [5.74, 6) is -0.382. The zero-order valence-corrected chi connectivity index (χ0v) is 13.1. The highest BCUT2D eigenvalue weighted by Gasteiger charge is 2.13. The van der Waals surface area contributed by atoms with Gasteiger partial charge in [0.1, 0.15) is 6.54 Å². The van der Waals surface area contributed by atoms with Crippen molar-refractivity contribution in [1.82, 2.24) is 14.9 Å². The van der Waals surface area contributed by atoms with E-state index < -0.39 is 11.2 Å². The molecule has 2 N–H and O–H groups in total. The number of aromatic amines is 1. The van der Waals surface area contributed by atoms with Crippen LogP contribution in [-0.4, -0.2) is 15.5 Å².